The number of carbonyl (C=O) groups excluding carboxylic acids is 2. The van der Waals surface area contributed by atoms with E-state index < -0.39 is 10.9 Å². The maximum atomic E-state index is 12.3. The van der Waals surface area contributed by atoms with Gasteiger partial charge in [0.15, 0.2) is 5.17 Å². The standard InChI is InChI=1S/C24H22N4O5S/c1-33-23(30)18-10-11-19(20(16-18)28(31)32)26-12-14-27(15-13-26)24-25-22(29)21(34-24)9-5-8-17-6-3-2-4-7-17/h2-11,16H,12-15H2,1H3/b8-5+,21-9-. The van der Waals surface area contributed by atoms with Crippen LogP contribution in [-0.2, 0) is 9.53 Å². The Kier molecular flexibility index (Phi) is 7.07. The number of nitrogens with zero attached hydrogens (tertiary/aromatic N) is 4. The topological polar surface area (TPSA) is 105 Å². The number of carbonyl (C=O) groups is 2. The van der Waals surface area contributed by atoms with Crippen molar-refractivity contribution in [2.45, 2.75) is 0 Å². The summed E-state index contributed by atoms with van der Waals surface area (Å²) in [5.74, 6) is -0.892. The number of methoxy groups -OCH3 is 1. The molecule has 1 saturated heterocycles. The zero-order valence-corrected chi connectivity index (χ0v) is 19.2. The van der Waals surface area contributed by atoms with E-state index in [2.05, 4.69) is 9.73 Å². The van der Waals surface area contributed by atoms with E-state index in [1.807, 2.05) is 52.3 Å². The number of aliphatic imine (C=N–C) groups is 1. The summed E-state index contributed by atoms with van der Waals surface area (Å²) in [5, 5.41) is 12.2. The lowest BCUT2D eigenvalue weighted by molar-refractivity contribution is -0.384. The van der Waals surface area contributed by atoms with Crippen molar-refractivity contribution in [3.05, 3.63) is 86.8 Å². The van der Waals surface area contributed by atoms with Crippen LogP contribution in [0.2, 0.25) is 0 Å². The molecule has 0 bridgehead atoms. The Morgan fingerprint density at radius 3 is 2.50 bits per heavy atom. The lowest BCUT2D eigenvalue weighted by Crippen LogP contribution is -2.48. The minimum absolute atomic E-state index is 0.132. The fraction of sp³-hybridized carbons (Fsp3) is 0.208. The number of piperazine rings is 1. The van der Waals surface area contributed by atoms with Crippen LogP contribution >= 0.6 is 11.8 Å². The minimum Gasteiger partial charge on any atom is -0.465 e. The van der Waals surface area contributed by atoms with Gasteiger partial charge in [0.05, 0.1) is 22.5 Å². The summed E-state index contributed by atoms with van der Waals surface area (Å²) in [6.07, 6.45) is 5.53. The van der Waals surface area contributed by atoms with Gasteiger partial charge in [-0.3, -0.25) is 14.9 Å². The van der Waals surface area contributed by atoms with Gasteiger partial charge < -0.3 is 14.5 Å². The van der Waals surface area contributed by atoms with Gasteiger partial charge in [-0.1, -0.05) is 42.5 Å². The van der Waals surface area contributed by atoms with Gasteiger partial charge in [-0.05, 0) is 35.5 Å². The number of nitro benzene ring substituents is 1. The summed E-state index contributed by atoms with van der Waals surface area (Å²) in [6, 6.07) is 14.1. The predicted molar refractivity (Wildman–Crippen MR) is 132 cm³/mol. The molecule has 0 N–H and O–H groups in total. The number of rotatable bonds is 5. The molecule has 0 saturated carbocycles. The summed E-state index contributed by atoms with van der Waals surface area (Å²) in [5.41, 5.74) is 1.48. The highest BCUT2D eigenvalue weighted by atomic mass is 32.2. The zero-order valence-electron chi connectivity index (χ0n) is 18.4. The SMILES string of the molecule is COC(=O)c1ccc(N2CCN(C3=NC(=O)/C(=C/C=C/c4ccccc4)S3)CC2)c([N+](=O)[O-])c1. The van der Waals surface area contributed by atoms with Crippen molar-refractivity contribution >= 4 is 46.3 Å². The highest BCUT2D eigenvalue weighted by Gasteiger charge is 2.30. The van der Waals surface area contributed by atoms with Crippen molar-refractivity contribution < 1.29 is 19.2 Å². The van der Waals surface area contributed by atoms with Crippen LogP contribution in [0.15, 0.2) is 70.6 Å². The van der Waals surface area contributed by atoms with E-state index >= 15 is 0 Å². The summed E-state index contributed by atoms with van der Waals surface area (Å²) in [7, 11) is 1.23. The van der Waals surface area contributed by atoms with Crippen molar-refractivity contribution in [2.75, 3.05) is 38.2 Å². The number of allylic oxidation sites excluding steroid dienone is 2. The molecule has 0 unspecified atom stereocenters. The highest BCUT2D eigenvalue weighted by Crippen LogP contribution is 2.32. The lowest BCUT2D eigenvalue weighted by atomic mass is 10.1. The second kappa shape index (κ2) is 10.3. The van der Waals surface area contributed by atoms with Crippen LogP contribution in [0.4, 0.5) is 11.4 Å². The van der Waals surface area contributed by atoms with E-state index in [1.165, 1.54) is 31.0 Å². The predicted octanol–water partition coefficient (Wildman–Crippen LogP) is 3.73. The fourth-order valence-electron chi connectivity index (χ4n) is 3.68. The molecule has 1 amide bonds. The molecule has 2 aliphatic rings. The number of amidine groups is 1. The zero-order chi connectivity index (χ0) is 24.1. The monoisotopic (exact) mass is 478 g/mol. The molecule has 10 heteroatoms. The molecule has 2 aromatic carbocycles. The smallest absolute Gasteiger partial charge is 0.338 e. The van der Waals surface area contributed by atoms with Crippen LogP contribution in [0.5, 0.6) is 0 Å². The Hall–Kier alpha value is -3.92. The number of benzene rings is 2. The third kappa shape index (κ3) is 5.18. The molecule has 1 fully saturated rings. The van der Waals surface area contributed by atoms with Gasteiger partial charge in [0.1, 0.15) is 5.69 Å². The van der Waals surface area contributed by atoms with Crippen LogP contribution in [0, 0.1) is 10.1 Å². The van der Waals surface area contributed by atoms with Gasteiger partial charge in [-0.2, -0.15) is 4.99 Å². The Bertz CT molecular complexity index is 1200. The second-order valence-corrected chi connectivity index (χ2v) is 8.54. The molecule has 0 aliphatic carbocycles. The van der Waals surface area contributed by atoms with Crippen molar-refractivity contribution in [3.63, 3.8) is 0 Å². The first kappa shape index (κ1) is 23.2. The van der Waals surface area contributed by atoms with E-state index in [1.54, 1.807) is 12.1 Å². The first-order chi connectivity index (χ1) is 16.5. The van der Waals surface area contributed by atoms with Crippen molar-refractivity contribution in [1.29, 1.82) is 0 Å². The van der Waals surface area contributed by atoms with Crippen LogP contribution in [0.1, 0.15) is 15.9 Å². The van der Waals surface area contributed by atoms with E-state index in [9.17, 15) is 19.7 Å². The van der Waals surface area contributed by atoms with Crippen LogP contribution in [-0.4, -0.2) is 60.2 Å². The highest BCUT2D eigenvalue weighted by molar-refractivity contribution is 8.18. The second-order valence-electron chi connectivity index (χ2n) is 7.53. The molecule has 0 spiro atoms. The molecule has 0 atom stereocenters. The number of anilines is 1. The third-order valence-corrected chi connectivity index (χ3v) is 6.49. The molecule has 2 aliphatic heterocycles. The minimum atomic E-state index is -0.622. The van der Waals surface area contributed by atoms with Gasteiger partial charge in [-0.15, -0.1) is 0 Å². The number of hydrogen-bond donors (Lipinski definition) is 0. The third-order valence-electron chi connectivity index (χ3n) is 5.43. The maximum absolute atomic E-state index is 12.3. The molecule has 34 heavy (non-hydrogen) atoms. The average molecular weight is 479 g/mol. The Balaban J connectivity index is 1.40. The number of hydrogen-bond acceptors (Lipinski definition) is 8. The summed E-state index contributed by atoms with van der Waals surface area (Å²) >= 11 is 1.33. The molecular formula is C24H22N4O5S. The summed E-state index contributed by atoms with van der Waals surface area (Å²) < 4.78 is 4.66. The first-order valence-corrected chi connectivity index (χ1v) is 11.4. The molecule has 2 aromatic rings. The largest absolute Gasteiger partial charge is 0.465 e. The van der Waals surface area contributed by atoms with E-state index in [0.29, 0.717) is 41.9 Å². The van der Waals surface area contributed by atoms with E-state index in [-0.39, 0.29) is 17.2 Å². The lowest BCUT2D eigenvalue weighted by Gasteiger charge is -2.36. The summed E-state index contributed by atoms with van der Waals surface area (Å²) in [6.45, 7) is 2.14. The number of amides is 1. The van der Waals surface area contributed by atoms with Gasteiger partial charge in [0, 0.05) is 32.2 Å². The van der Waals surface area contributed by atoms with Crippen molar-refractivity contribution in [3.8, 4) is 0 Å². The first-order valence-electron chi connectivity index (χ1n) is 10.6. The molecule has 0 aromatic heterocycles. The van der Waals surface area contributed by atoms with E-state index in [0.717, 1.165) is 5.56 Å². The number of esters is 1. The molecule has 9 nitrogen and oxygen atoms in total. The van der Waals surface area contributed by atoms with E-state index in [4.69, 9.17) is 0 Å². The Morgan fingerprint density at radius 2 is 1.82 bits per heavy atom. The van der Waals surface area contributed by atoms with Gasteiger partial charge in [-0.25, -0.2) is 4.79 Å². The molecular weight excluding hydrogens is 456 g/mol. The van der Waals surface area contributed by atoms with Gasteiger partial charge >= 0.3 is 5.97 Å². The molecule has 174 valence electrons. The number of nitro groups is 1. The Morgan fingerprint density at radius 1 is 1.12 bits per heavy atom. The van der Waals surface area contributed by atoms with Crippen molar-refractivity contribution in [2.24, 2.45) is 4.99 Å². The van der Waals surface area contributed by atoms with Crippen LogP contribution in [0.25, 0.3) is 6.08 Å². The summed E-state index contributed by atoms with van der Waals surface area (Å²) in [4.78, 5) is 43.8. The molecule has 4 rings (SSSR count). The number of ether oxygens (including phenoxy) is 1. The van der Waals surface area contributed by atoms with Crippen molar-refractivity contribution in [1.82, 2.24) is 4.90 Å². The fourth-order valence-corrected chi connectivity index (χ4v) is 4.60. The number of thioether (sulfide) groups is 1. The van der Waals surface area contributed by atoms with Gasteiger partial charge in [0.25, 0.3) is 11.6 Å². The quantitative estimate of drug-likeness (QED) is 0.277. The normalized spacial score (nSPS) is 17.4. The average Bonchev–Trinajstić information content (AvgIpc) is 3.24. The Labute approximate surface area is 200 Å². The molecule has 0 radical (unpaired) electrons. The van der Waals surface area contributed by atoms with Crippen LogP contribution < -0.4 is 4.90 Å². The van der Waals surface area contributed by atoms with Crippen LogP contribution in [0.3, 0.4) is 0 Å². The van der Waals surface area contributed by atoms with Gasteiger partial charge in [0.2, 0.25) is 0 Å². The molecule has 2 heterocycles. The maximum Gasteiger partial charge on any atom is 0.338 e.